The van der Waals surface area contributed by atoms with E-state index in [0.29, 0.717) is 5.69 Å². The Morgan fingerprint density at radius 3 is 2.95 bits per heavy atom. The first-order valence-corrected chi connectivity index (χ1v) is 6.98. The molecule has 0 heterocycles. The van der Waals surface area contributed by atoms with Crippen LogP contribution in [-0.4, -0.2) is 17.1 Å². The zero-order valence-electron chi connectivity index (χ0n) is 11.4. The van der Waals surface area contributed by atoms with Crippen LogP contribution in [0.25, 0.3) is 0 Å². The molecule has 2 unspecified atom stereocenters. The van der Waals surface area contributed by atoms with Gasteiger partial charge in [0.25, 0.3) is 0 Å². The second kappa shape index (κ2) is 6.06. The van der Waals surface area contributed by atoms with E-state index >= 15 is 0 Å². The summed E-state index contributed by atoms with van der Waals surface area (Å²) in [6, 6.07) is 5.44. The molecule has 0 saturated heterocycles. The smallest absolute Gasteiger partial charge is 0.227 e. The molecule has 0 bridgehead atoms. The molecule has 2 atom stereocenters. The van der Waals surface area contributed by atoms with Crippen LogP contribution in [0.5, 0.6) is 5.75 Å². The predicted molar refractivity (Wildman–Crippen MR) is 76.0 cm³/mol. The number of amides is 1. The molecular formula is C15H22N2O2. The fourth-order valence-corrected chi connectivity index (χ4v) is 2.60. The second-order valence-corrected chi connectivity index (χ2v) is 5.32. The van der Waals surface area contributed by atoms with Crippen molar-refractivity contribution in [2.45, 2.75) is 45.1 Å². The van der Waals surface area contributed by atoms with Gasteiger partial charge in [0, 0.05) is 12.0 Å². The number of carbonyl (C=O) groups excluding carboxylic acids is 1. The van der Waals surface area contributed by atoms with Crippen molar-refractivity contribution in [2.75, 3.05) is 5.32 Å². The van der Waals surface area contributed by atoms with Gasteiger partial charge < -0.3 is 16.2 Å². The highest BCUT2D eigenvalue weighted by Crippen LogP contribution is 2.28. The van der Waals surface area contributed by atoms with Crippen molar-refractivity contribution in [3.05, 3.63) is 23.8 Å². The van der Waals surface area contributed by atoms with Gasteiger partial charge in [-0.25, -0.2) is 0 Å². The number of aromatic hydroxyl groups is 1. The minimum absolute atomic E-state index is 0.0290. The SMILES string of the molecule is CCc1ccc(O)c(NC(=O)C2CCCC(N)C2)c1. The Kier molecular flexibility index (Phi) is 4.43. The number of hydrogen-bond acceptors (Lipinski definition) is 3. The topological polar surface area (TPSA) is 75.3 Å². The van der Waals surface area contributed by atoms with E-state index in [-0.39, 0.29) is 23.6 Å². The van der Waals surface area contributed by atoms with Crippen LogP contribution in [0.3, 0.4) is 0 Å². The second-order valence-electron chi connectivity index (χ2n) is 5.32. The Bertz CT molecular complexity index is 459. The number of nitrogens with two attached hydrogens (primary N) is 1. The maximum Gasteiger partial charge on any atom is 0.227 e. The summed E-state index contributed by atoms with van der Waals surface area (Å²) >= 11 is 0. The first kappa shape index (κ1) is 13.9. The van der Waals surface area contributed by atoms with Crippen LogP contribution < -0.4 is 11.1 Å². The van der Waals surface area contributed by atoms with Crippen molar-refractivity contribution in [3.63, 3.8) is 0 Å². The number of anilines is 1. The van der Waals surface area contributed by atoms with Gasteiger partial charge in [-0.2, -0.15) is 0 Å². The van der Waals surface area contributed by atoms with Crippen LogP contribution >= 0.6 is 0 Å². The summed E-state index contributed by atoms with van der Waals surface area (Å²) in [5, 5.41) is 12.6. The van der Waals surface area contributed by atoms with Crippen LogP contribution in [0.1, 0.15) is 38.2 Å². The molecule has 0 aromatic heterocycles. The molecule has 1 amide bonds. The van der Waals surface area contributed by atoms with Gasteiger partial charge in [0.2, 0.25) is 5.91 Å². The van der Waals surface area contributed by atoms with Gasteiger partial charge in [0.15, 0.2) is 0 Å². The molecule has 1 aliphatic carbocycles. The molecule has 0 radical (unpaired) electrons. The van der Waals surface area contributed by atoms with Crippen molar-refractivity contribution in [1.82, 2.24) is 0 Å². The average Bonchev–Trinajstić information content (AvgIpc) is 2.41. The van der Waals surface area contributed by atoms with E-state index < -0.39 is 0 Å². The first-order valence-electron chi connectivity index (χ1n) is 6.98. The molecule has 4 heteroatoms. The summed E-state index contributed by atoms with van der Waals surface area (Å²) in [5.74, 6) is 0.0535. The molecule has 2 rings (SSSR count). The standard InChI is InChI=1S/C15H22N2O2/c1-2-10-6-7-14(18)13(8-10)17-15(19)11-4-3-5-12(16)9-11/h6-8,11-12,18H,2-5,9,16H2,1H3,(H,17,19). The van der Waals surface area contributed by atoms with Gasteiger partial charge in [-0.15, -0.1) is 0 Å². The van der Waals surface area contributed by atoms with Gasteiger partial charge in [-0.05, 0) is 43.4 Å². The van der Waals surface area contributed by atoms with Crippen LogP contribution in [-0.2, 0) is 11.2 Å². The third kappa shape index (κ3) is 3.47. The average molecular weight is 262 g/mol. The van der Waals surface area contributed by atoms with Crippen LogP contribution in [0, 0.1) is 5.92 Å². The van der Waals surface area contributed by atoms with E-state index in [1.807, 2.05) is 19.1 Å². The largest absolute Gasteiger partial charge is 0.506 e. The maximum atomic E-state index is 12.2. The number of nitrogens with one attached hydrogen (secondary N) is 1. The molecular weight excluding hydrogens is 240 g/mol. The molecule has 1 fully saturated rings. The monoisotopic (exact) mass is 262 g/mol. The van der Waals surface area contributed by atoms with Gasteiger partial charge in [-0.3, -0.25) is 4.79 Å². The fourth-order valence-electron chi connectivity index (χ4n) is 2.60. The summed E-state index contributed by atoms with van der Waals surface area (Å²) in [4.78, 5) is 12.2. The zero-order valence-corrected chi connectivity index (χ0v) is 11.4. The first-order chi connectivity index (χ1) is 9.10. The number of benzene rings is 1. The van der Waals surface area contributed by atoms with Crippen LogP contribution in [0.2, 0.25) is 0 Å². The van der Waals surface area contributed by atoms with E-state index in [9.17, 15) is 9.90 Å². The molecule has 4 nitrogen and oxygen atoms in total. The number of phenols is 1. The lowest BCUT2D eigenvalue weighted by Crippen LogP contribution is -2.34. The van der Waals surface area contributed by atoms with Crippen LogP contribution in [0.4, 0.5) is 5.69 Å². The molecule has 0 aliphatic heterocycles. The van der Waals surface area contributed by atoms with E-state index in [0.717, 1.165) is 37.7 Å². The minimum atomic E-state index is -0.0339. The maximum absolute atomic E-state index is 12.2. The molecule has 4 N–H and O–H groups in total. The van der Waals surface area contributed by atoms with Crippen molar-refractivity contribution in [2.24, 2.45) is 11.7 Å². The van der Waals surface area contributed by atoms with Crippen molar-refractivity contribution in [3.8, 4) is 5.75 Å². The van der Waals surface area contributed by atoms with E-state index in [1.54, 1.807) is 6.07 Å². The molecule has 19 heavy (non-hydrogen) atoms. The summed E-state index contributed by atoms with van der Waals surface area (Å²) in [6.45, 7) is 2.04. The van der Waals surface area contributed by atoms with Crippen molar-refractivity contribution >= 4 is 11.6 Å². The fraction of sp³-hybridized carbons (Fsp3) is 0.533. The van der Waals surface area contributed by atoms with E-state index in [1.165, 1.54) is 0 Å². The Morgan fingerprint density at radius 2 is 2.26 bits per heavy atom. The van der Waals surface area contributed by atoms with Crippen LogP contribution in [0.15, 0.2) is 18.2 Å². The Morgan fingerprint density at radius 1 is 1.47 bits per heavy atom. The van der Waals surface area contributed by atoms with E-state index in [4.69, 9.17) is 5.73 Å². The van der Waals surface area contributed by atoms with Crippen molar-refractivity contribution in [1.29, 1.82) is 0 Å². The summed E-state index contributed by atoms with van der Waals surface area (Å²) in [7, 11) is 0. The Hall–Kier alpha value is -1.55. The molecule has 1 aliphatic rings. The van der Waals surface area contributed by atoms with Gasteiger partial charge >= 0.3 is 0 Å². The van der Waals surface area contributed by atoms with Gasteiger partial charge in [0.1, 0.15) is 5.75 Å². The lowest BCUT2D eigenvalue weighted by Gasteiger charge is -2.25. The molecule has 1 saturated carbocycles. The quantitative estimate of drug-likeness (QED) is 0.732. The highest BCUT2D eigenvalue weighted by atomic mass is 16.3. The van der Waals surface area contributed by atoms with Gasteiger partial charge in [-0.1, -0.05) is 19.4 Å². The number of phenolic OH excluding ortho intramolecular Hbond substituents is 1. The zero-order chi connectivity index (χ0) is 13.8. The highest BCUT2D eigenvalue weighted by molar-refractivity contribution is 5.94. The number of carbonyl (C=O) groups is 1. The molecule has 1 aromatic carbocycles. The molecule has 104 valence electrons. The summed E-state index contributed by atoms with van der Waals surface area (Å²) < 4.78 is 0. The Labute approximate surface area is 114 Å². The predicted octanol–water partition coefficient (Wildman–Crippen LogP) is 2.41. The summed E-state index contributed by atoms with van der Waals surface area (Å²) in [5.41, 5.74) is 7.50. The van der Waals surface area contributed by atoms with Gasteiger partial charge in [0.05, 0.1) is 5.69 Å². The lowest BCUT2D eigenvalue weighted by molar-refractivity contribution is -0.120. The van der Waals surface area contributed by atoms with Crippen molar-refractivity contribution < 1.29 is 9.90 Å². The third-order valence-electron chi connectivity index (χ3n) is 3.81. The number of hydrogen-bond donors (Lipinski definition) is 3. The molecule has 0 spiro atoms. The number of aryl methyl sites for hydroxylation is 1. The summed E-state index contributed by atoms with van der Waals surface area (Å²) in [6.07, 6.45) is 4.49. The third-order valence-corrected chi connectivity index (χ3v) is 3.81. The highest BCUT2D eigenvalue weighted by Gasteiger charge is 2.25. The van der Waals surface area contributed by atoms with E-state index in [2.05, 4.69) is 5.32 Å². The number of rotatable bonds is 3. The molecule has 1 aromatic rings. The normalized spacial score (nSPS) is 23.1. The lowest BCUT2D eigenvalue weighted by atomic mass is 9.85. The Balaban J connectivity index is 2.05. The minimum Gasteiger partial charge on any atom is -0.506 e.